The molecule has 0 fully saturated rings. The molecule has 0 radical (unpaired) electrons. The van der Waals surface area contributed by atoms with Gasteiger partial charge >= 0.3 is 23.1 Å². The first kappa shape index (κ1) is 14.5. The van der Waals surface area contributed by atoms with E-state index in [1.807, 2.05) is 0 Å². The molecule has 0 unspecified atom stereocenters. The van der Waals surface area contributed by atoms with Crippen molar-refractivity contribution in [3.8, 4) is 0 Å². The molecule has 0 aliphatic heterocycles. The Hall–Kier alpha value is -0.0138. The first-order valence-electron chi connectivity index (χ1n) is 3.58. The van der Waals surface area contributed by atoms with Crippen molar-refractivity contribution in [2.75, 3.05) is 0 Å². The fourth-order valence-electron chi connectivity index (χ4n) is 1.02. The molecule has 0 bridgehead atoms. The van der Waals surface area contributed by atoms with Crippen molar-refractivity contribution in [3.63, 3.8) is 0 Å². The quantitative estimate of drug-likeness (QED) is 0.417. The van der Waals surface area contributed by atoms with Crippen LogP contribution in [-0.4, -0.2) is 23.1 Å². The van der Waals surface area contributed by atoms with Gasteiger partial charge in [0.1, 0.15) is 0 Å². The Morgan fingerprint density at radius 3 is 1.50 bits per heavy atom. The number of benzene rings is 1. The number of hydrogen-bond acceptors (Lipinski definition) is 0. The normalized spacial score (nSPS) is 8.33. The molecule has 0 nitrogen and oxygen atoms in total. The Kier molecular flexibility index (Phi) is 6.77. The number of aryl methyl sites for hydroxylation is 4. The summed E-state index contributed by atoms with van der Waals surface area (Å²) in [4.78, 5) is 0. The summed E-state index contributed by atoms with van der Waals surface area (Å²) >= 11 is 0. The second kappa shape index (κ2) is 5.60. The molecule has 0 aromatic heterocycles. The third-order valence-corrected chi connectivity index (χ3v) is 1.99. The van der Waals surface area contributed by atoms with E-state index in [-0.39, 0.29) is 30.5 Å². The van der Waals surface area contributed by atoms with Crippen LogP contribution in [0.5, 0.6) is 0 Å². The number of hydrogen-bond donors (Lipinski definition) is 0. The van der Waals surface area contributed by atoms with Gasteiger partial charge in [-0.1, -0.05) is 27.7 Å². The van der Waals surface area contributed by atoms with Gasteiger partial charge in [-0.05, 0) is 0 Å². The summed E-state index contributed by atoms with van der Waals surface area (Å²) in [6.45, 7) is 8.44. The molecular formula is C11H16Mg. The fraction of sp³-hybridized carbons (Fsp3) is 0.364. The molecule has 0 N–H and O–H groups in total. The van der Waals surface area contributed by atoms with Gasteiger partial charge in [-0.15, -0.1) is 0 Å². The molecule has 0 saturated carbocycles. The van der Waals surface area contributed by atoms with E-state index in [9.17, 15) is 0 Å². The van der Waals surface area contributed by atoms with Gasteiger partial charge in [0.05, 0.1) is 0 Å². The molecule has 0 atom stereocenters. The van der Waals surface area contributed by atoms with E-state index < -0.39 is 0 Å². The van der Waals surface area contributed by atoms with Crippen molar-refractivity contribution in [3.05, 3.63) is 41.8 Å². The zero-order chi connectivity index (χ0) is 7.72. The van der Waals surface area contributed by atoms with Crippen LogP contribution in [0.3, 0.4) is 0 Å². The SMILES string of the molecule is Cc1[c-]c(C)c(C)cc1C.[CH3-].[Mg+2]. The Balaban J connectivity index is 0. The molecule has 0 aliphatic rings. The van der Waals surface area contributed by atoms with E-state index in [0.29, 0.717) is 0 Å². The van der Waals surface area contributed by atoms with Gasteiger partial charge in [-0.3, -0.25) is 0 Å². The zero-order valence-electron chi connectivity index (χ0n) is 8.78. The summed E-state index contributed by atoms with van der Waals surface area (Å²) in [5.41, 5.74) is 5.21. The van der Waals surface area contributed by atoms with E-state index in [0.717, 1.165) is 0 Å². The van der Waals surface area contributed by atoms with Gasteiger partial charge in [-0.2, -0.15) is 34.4 Å². The first-order chi connectivity index (χ1) is 4.61. The maximum Gasteiger partial charge on any atom is 2.00 e. The predicted octanol–water partition coefficient (Wildman–Crippen LogP) is 2.79. The van der Waals surface area contributed by atoms with Crippen LogP contribution in [0.2, 0.25) is 0 Å². The van der Waals surface area contributed by atoms with Crippen LogP contribution < -0.4 is 0 Å². The summed E-state index contributed by atoms with van der Waals surface area (Å²) in [5.74, 6) is 0. The fourth-order valence-corrected chi connectivity index (χ4v) is 1.02. The zero-order valence-corrected chi connectivity index (χ0v) is 10.2. The van der Waals surface area contributed by atoms with Crippen molar-refractivity contribution in [2.45, 2.75) is 27.7 Å². The van der Waals surface area contributed by atoms with Crippen LogP contribution in [0.1, 0.15) is 22.3 Å². The molecule has 1 aromatic rings. The number of rotatable bonds is 0. The Bertz CT molecular complexity index is 201. The van der Waals surface area contributed by atoms with Crippen LogP contribution in [0.4, 0.5) is 0 Å². The topological polar surface area (TPSA) is 0 Å². The molecule has 0 aliphatic carbocycles. The van der Waals surface area contributed by atoms with Crippen molar-refractivity contribution in [2.24, 2.45) is 0 Å². The average Bonchev–Trinajstić information content (AvgIpc) is 1.84. The van der Waals surface area contributed by atoms with Crippen LogP contribution >= 0.6 is 0 Å². The van der Waals surface area contributed by atoms with E-state index in [1.165, 1.54) is 22.3 Å². The Morgan fingerprint density at radius 1 is 0.917 bits per heavy atom. The van der Waals surface area contributed by atoms with E-state index in [1.54, 1.807) is 0 Å². The monoisotopic (exact) mass is 172 g/mol. The minimum Gasteiger partial charge on any atom is -0.358 e. The molecule has 0 heterocycles. The van der Waals surface area contributed by atoms with E-state index >= 15 is 0 Å². The largest absolute Gasteiger partial charge is 2.00 e. The summed E-state index contributed by atoms with van der Waals surface area (Å²) in [5, 5.41) is 0. The molecular weight excluding hydrogens is 156 g/mol. The van der Waals surface area contributed by atoms with Crippen LogP contribution in [0.25, 0.3) is 0 Å². The smallest absolute Gasteiger partial charge is 0.358 e. The summed E-state index contributed by atoms with van der Waals surface area (Å²) < 4.78 is 0. The van der Waals surface area contributed by atoms with Crippen molar-refractivity contribution in [1.82, 2.24) is 0 Å². The van der Waals surface area contributed by atoms with Crippen LogP contribution in [0, 0.1) is 41.2 Å². The van der Waals surface area contributed by atoms with Crippen molar-refractivity contribution >= 4 is 23.1 Å². The standard InChI is InChI=1S/C10H13.CH3.Mg/c1-7-5-9(3)10(4)6-8(7)2;;/h5H,1-4H3;1H3;/q2*-1;+2. The molecule has 0 saturated heterocycles. The summed E-state index contributed by atoms with van der Waals surface area (Å²) in [6.07, 6.45) is 0. The predicted molar refractivity (Wildman–Crippen MR) is 56.4 cm³/mol. The molecule has 62 valence electrons. The van der Waals surface area contributed by atoms with Crippen LogP contribution in [0.15, 0.2) is 6.07 Å². The molecule has 0 amide bonds. The van der Waals surface area contributed by atoms with E-state index in [4.69, 9.17) is 0 Å². The van der Waals surface area contributed by atoms with Gasteiger partial charge in [0.15, 0.2) is 0 Å². The van der Waals surface area contributed by atoms with Crippen molar-refractivity contribution < 1.29 is 0 Å². The third-order valence-electron chi connectivity index (χ3n) is 1.99. The Labute approximate surface area is 92.5 Å². The molecule has 12 heavy (non-hydrogen) atoms. The molecule has 0 spiro atoms. The minimum absolute atomic E-state index is 0. The Morgan fingerprint density at radius 2 is 1.25 bits per heavy atom. The maximum absolute atomic E-state index is 3.31. The maximum atomic E-state index is 3.31. The average molecular weight is 173 g/mol. The summed E-state index contributed by atoms with van der Waals surface area (Å²) in [6, 6.07) is 5.52. The van der Waals surface area contributed by atoms with Gasteiger partial charge < -0.3 is 7.43 Å². The summed E-state index contributed by atoms with van der Waals surface area (Å²) in [7, 11) is 0. The second-order valence-electron chi connectivity index (χ2n) is 2.89. The first-order valence-corrected chi connectivity index (χ1v) is 3.58. The minimum atomic E-state index is 0. The molecule has 1 aromatic carbocycles. The van der Waals surface area contributed by atoms with E-state index in [2.05, 4.69) is 39.8 Å². The van der Waals surface area contributed by atoms with Gasteiger partial charge in [-0.25, -0.2) is 0 Å². The third kappa shape index (κ3) is 3.16. The van der Waals surface area contributed by atoms with Crippen molar-refractivity contribution in [1.29, 1.82) is 0 Å². The molecule has 1 heteroatoms. The molecule has 1 rings (SSSR count). The second-order valence-corrected chi connectivity index (χ2v) is 2.89. The van der Waals surface area contributed by atoms with Gasteiger partial charge in [0.25, 0.3) is 0 Å². The van der Waals surface area contributed by atoms with Crippen LogP contribution in [-0.2, 0) is 0 Å². The van der Waals surface area contributed by atoms with Gasteiger partial charge in [0.2, 0.25) is 0 Å². The van der Waals surface area contributed by atoms with Gasteiger partial charge in [0, 0.05) is 0 Å².